The molecule has 2 aromatic carbocycles. The van der Waals surface area contributed by atoms with Crippen LogP contribution in [-0.2, 0) is 0 Å². The lowest BCUT2D eigenvalue weighted by molar-refractivity contribution is 0.479. The van der Waals surface area contributed by atoms with Gasteiger partial charge in [-0.15, -0.1) is 0 Å². The van der Waals surface area contributed by atoms with E-state index in [2.05, 4.69) is 20.9 Å². The second kappa shape index (κ2) is 4.42. The number of aromatic nitrogens is 1. The van der Waals surface area contributed by atoms with Gasteiger partial charge in [0.1, 0.15) is 10.4 Å². The van der Waals surface area contributed by atoms with Crippen LogP contribution in [0.5, 0.6) is 5.75 Å². The first-order valence-electron chi connectivity index (χ1n) is 5.59. The number of nitrogens with zero attached hydrogens (tertiary/aromatic N) is 1. The maximum atomic E-state index is 9.88. The smallest absolute Gasteiger partial charge is 0.141 e. The van der Waals surface area contributed by atoms with E-state index in [-0.39, 0.29) is 5.75 Å². The van der Waals surface area contributed by atoms with E-state index in [1.165, 1.54) is 6.20 Å². The van der Waals surface area contributed by atoms with E-state index in [1.54, 1.807) is 0 Å². The summed E-state index contributed by atoms with van der Waals surface area (Å²) < 4.78 is 0.745. The number of fused-ring (bicyclic) bond motifs is 1. The number of aromatic hydroxyl groups is 1. The molecule has 0 saturated carbocycles. The van der Waals surface area contributed by atoms with Gasteiger partial charge in [-0.05, 0) is 27.1 Å². The predicted molar refractivity (Wildman–Crippen MR) is 76.5 cm³/mol. The van der Waals surface area contributed by atoms with Crippen molar-refractivity contribution < 1.29 is 5.11 Å². The Morgan fingerprint density at radius 3 is 2.50 bits per heavy atom. The van der Waals surface area contributed by atoms with E-state index >= 15 is 0 Å². The minimum atomic E-state index is 0.200. The molecule has 0 spiro atoms. The van der Waals surface area contributed by atoms with Crippen LogP contribution < -0.4 is 0 Å². The minimum Gasteiger partial charge on any atom is -0.506 e. The number of hydrogen-bond acceptors (Lipinski definition) is 2. The summed E-state index contributed by atoms with van der Waals surface area (Å²) >= 11 is 3.46. The van der Waals surface area contributed by atoms with Crippen molar-refractivity contribution in [2.45, 2.75) is 0 Å². The second-order valence-corrected chi connectivity index (χ2v) is 4.78. The van der Waals surface area contributed by atoms with Gasteiger partial charge < -0.3 is 5.11 Å². The Hall–Kier alpha value is -1.87. The van der Waals surface area contributed by atoms with Gasteiger partial charge in [0.05, 0.1) is 6.20 Å². The standard InChI is InChI=1S/C15H10BrNO/c16-15-14-11(10-5-2-1-3-6-10)7-4-8-12(14)13(18)9-17-15/h1-9,18H. The fraction of sp³-hybridized carbons (Fsp3) is 0. The van der Waals surface area contributed by atoms with Crippen LogP contribution in [0.1, 0.15) is 0 Å². The lowest BCUT2D eigenvalue weighted by Gasteiger charge is -2.09. The molecule has 1 aromatic heterocycles. The lowest BCUT2D eigenvalue weighted by atomic mass is 9.99. The summed E-state index contributed by atoms with van der Waals surface area (Å²) in [6.07, 6.45) is 1.46. The lowest BCUT2D eigenvalue weighted by Crippen LogP contribution is -1.85. The molecular weight excluding hydrogens is 290 g/mol. The molecule has 0 aliphatic rings. The van der Waals surface area contributed by atoms with Crippen molar-refractivity contribution in [3.8, 4) is 16.9 Å². The van der Waals surface area contributed by atoms with Gasteiger partial charge in [0.25, 0.3) is 0 Å². The van der Waals surface area contributed by atoms with Crippen LogP contribution in [0.4, 0.5) is 0 Å². The third kappa shape index (κ3) is 1.77. The summed E-state index contributed by atoms with van der Waals surface area (Å²) in [5.41, 5.74) is 2.17. The fourth-order valence-corrected chi connectivity index (χ4v) is 2.63. The molecule has 0 unspecified atom stereocenters. The third-order valence-electron chi connectivity index (χ3n) is 2.93. The summed E-state index contributed by atoms with van der Waals surface area (Å²) in [6, 6.07) is 15.9. The van der Waals surface area contributed by atoms with Crippen molar-refractivity contribution in [2.24, 2.45) is 0 Å². The van der Waals surface area contributed by atoms with E-state index in [0.29, 0.717) is 0 Å². The number of pyridine rings is 1. The molecule has 0 radical (unpaired) electrons. The molecule has 18 heavy (non-hydrogen) atoms. The van der Waals surface area contributed by atoms with E-state index in [4.69, 9.17) is 0 Å². The highest BCUT2D eigenvalue weighted by Crippen LogP contribution is 2.36. The minimum absolute atomic E-state index is 0.200. The van der Waals surface area contributed by atoms with Crippen molar-refractivity contribution in [3.63, 3.8) is 0 Å². The molecule has 3 aromatic rings. The molecule has 0 aliphatic heterocycles. The highest BCUT2D eigenvalue weighted by atomic mass is 79.9. The van der Waals surface area contributed by atoms with Crippen LogP contribution in [0.15, 0.2) is 59.3 Å². The Balaban J connectivity index is 2.41. The van der Waals surface area contributed by atoms with Gasteiger partial charge in [-0.2, -0.15) is 0 Å². The van der Waals surface area contributed by atoms with Gasteiger partial charge >= 0.3 is 0 Å². The Bertz CT molecular complexity index is 710. The molecule has 0 amide bonds. The van der Waals surface area contributed by atoms with Gasteiger partial charge in [0, 0.05) is 10.8 Å². The van der Waals surface area contributed by atoms with Crippen LogP contribution in [0.3, 0.4) is 0 Å². The largest absolute Gasteiger partial charge is 0.506 e. The molecule has 2 nitrogen and oxygen atoms in total. The summed E-state index contributed by atoms with van der Waals surface area (Å²) in [6.45, 7) is 0. The van der Waals surface area contributed by atoms with Crippen LogP contribution in [0.25, 0.3) is 21.9 Å². The van der Waals surface area contributed by atoms with Crippen molar-refractivity contribution in [1.82, 2.24) is 4.98 Å². The molecule has 1 N–H and O–H groups in total. The Labute approximate surface area is 113 Å². The Morgan fingerprint density at radius 1 is 0.944 bits per heavy atom. The van der Waals surface area contributed by atoms with Crippen molar-refractivity contribution in [2.75, 3.05) is 0 Å². The van der Waals surface area contributed by atoms with Crippen molar-refractivity contribution >= 4 is 26.7 Å². The molecule has 1 heterocycles. The molecule has 0 fully saturated rings. The van der Waals surface area contributed by atoms with Crippen molar-refractivity contribution in [1.29, 1.82) is 0 Å². The summed E-state index contributed by atoms with van der Waals surface area (Å²) in [5, 5.41) is 11.6. The van der Waals surface area contributed by atoms with E-state index in [0.717, 1.165) is 26.5 Å². The Morgan fingerprint density at radius 2 is 1.72 bits per heavy atom. The molecular formula is C15H10BrNO. The molecule has 0 atom stereocenters. The zero-order valence-corrected chi connectivity index (χ0v) is 11.1. The molecule has 3 heteroatoms. The number of hydrogen-bond donors (Lipinski definition) is 1. The SMILES string of the molecule is Oc1cnc(Br)c2c(-c3ccccc3)cccc12. The number of rotatable bonds is 1. The maximum Gasteiger partial charge on any atom is 0.141 e. The van der Waals surface area contributed by atoms with Gasteiger partial charge in [0.15, 0.2) is 0 Å². The highest BCUT2D eigenvalue weighted by molar-refractivity contribution is 9.10. The molecule has 0 bridgehead atoms. The van der Waals surface area contributed by atoms with Crippen molar-refractivity contribution in [3.05, 3.63) is 59.3 Å². The molecule has 3 rings (SSSR count). The quantitative estimate of drug-likeness (QED) is 0.677. The monoisotopic (exact) mass is 299 g/mol. The van der Waals surface area contributed by atoms with E-state index in [1.807, 2.05) is 48.5 Å². The summed E-state index contributed by atoms with van der Waals surface area (Å²) in [7, 11) is 0. The summed E-state index contributed by atoms with van der Waals surface area (Å²) in [5.74, 6) is 0.200. The first kappa shape index (κ1) is 11.2. The number of benzene rings is 2. The zero-order valence-electron chi connectivity index (χ0n) is 9.47. The van der Waals surface area contributed by atoms with Gasteiger partial charge in [0.2, 0.25) is 0 Å². The average molecular weight is 300 g/mol. The third-order valence-corrected chi connectivity index (χ3v) is 3.53. The fourth-order valence-electron chi connectivity index (χ4n) is 2.10. The zero-order chi connectivity index (χ0) is 12.5. The summed E-state index contributed by atoms with van der Waals surface area (Å²) in [4.78, 5) is 4.16. The highest BCUT2D eigenvalue weighted by Gasteiger charge is 2.10. The van der Waals surface area contributed by atoms with Crippen LogP contribution in [0.2, 0.25) is 0 Å². The second-order valence-electron chi connectivity index (χ2n) is 4.03. The van der Waals surface area contributed by atoms with E-state index < -0.39 is 0 Å². The Kier molecular flexibility index (Phi) is 2.76. The van der Waals surface area contributed by atoms with Crippen LogP contribution >= 0.6 is 15.9 Å². The van der Waals surface area contributed by atoms with Gasteiger partial charge in [-0.3, -0.25) is 0 Å². The van der Waals surface area contributed by atoms with Crippen LogP contribution in [-0.4, -0.2) is 10.1 Å². The first-order valence-corrected chi connectivity index (χ1v) is 6.38. The van der Waals surface area contributed by atoms with Gasteiger partial charge in [-0.1, -0.05) is 48.5 Å². The van der Waals surface area contributed by atoms with Crippen LogP contribution in [0, 0.1) is 0 Å². The van der Waals surface area contributed by atoms with E-state index in [9.17, 15) is 5.11 Å². The predicted octanol–water partition coefficient (Wildman–Crippen LogP) is 4.37. The topological polar surface area (TPSA) is 33.1 Å². The molecule has 0 aliphatic carbocycles. The number of halogens is 1. The normalized spacial score (nSPS) is 10.7. The van der Waals surface area contributed by atoms with Gasteiger partial charge in [-0.25, -0.2) is 4.98 Å². The molecule has 88 valence electrons. The first-order chi connectivity index (χ1) is 8.77. The average Bonchev–Trinajstić information content (AvgIpc) is 2.43. The maximum absolute atomic E-state index is 9.88. The molecule has 0 saturated heterocycles.